The number of halogens is 4. The number of benzene rings is 1. The summed E-state index contributed by atoms with van der Waals surface area (Å²) >= 11 is 5.64. The van der Waals surface area contributed by atoms with Crippen LogP contribution in [0.4, 0.5) is 13.2 Å². The van der Waals surface area contributed by atoms with Crippen LogP contribution in [0.1, 0.15) is 25.0 Å². The monoisotopic (exact) mass is 252 g/mol. The molecule has 0 bridgehead atoms. The second-order valence-electron chi connectivity index (χ2n) is 4.27. The van der Waals surface area contributed by atoms with E-state index in [2.05, 4.69) is 0 Å². The molecule has 1 aromatic carbocycles. The standard InChI is InChI=1S/C11H12ClF3O/c1-10(2,6-16)7-3-8(11(13,14)15)5-9(12)4-7/h3-5,16H,6H2,1-2H3. The Morgan fingerprint density at radius 1 is 1.12 bits per heavy atom. The minimum Gasteiger partial charge on any atom is -0.395 e. The zero-order valence-electron chi connectivity index (χ0n) is 8.90. The van der Waals surface area contributed by atoms with Crippen LogP contribution in [0.3, 0.4) is 0 Å². The van der Waals surface area contributed by atoms with Gasteiger partial charge in [0.1, 0.15) is 0 Å². The van der Waals surface area contributed by atoms with Crippen LogP contribution in [0, 0.1) is 0 Å². The van der Waals surface area contributed by atoms with Gasteiger partial charge in [-0.1, -0.05) is 25.4 Å². The molecule has 1 nitrogen and oxygen atoms in total. The Bertz CT molecular complexity index is 385. The van der Waals surface area contributed by atoms with E-state index in [9.17, 15) is 13.2 Å². The maximum absolute atomic E-state index is 12.5. The van der Waals surface area contributed by atoms with Gasteiger partial charge in [-0.25, -0.2) is 0 Å². The average molecular weight is 253 g/mol. The molecule has 0 unspecified atom stereocenters. The van der Waals surface area contributed by atoms with Crippen molar-refractivity contribution in [3.8, 4) is 0 Å². The largest absolute Gasteiger partial charge is 0.416 e. The van der Waals surface area contributed by atoms with Crippen LogP contribution in [-0.2, 0) is 11.6 Å². The van der Waals surface area contributed by atoms with E-state index in [1.54, 1.807) is 13.8 Å². The Kier molecular flexibility index (Phi) is 3.55. The third kappa shape index (κ3) is 2.89. The van der Waals surface area contributed by atoms with E-state index in [0.29, 0.717) is 5.56 Å². The first kappa shape index (κ1) is 13.3. The molecule has 0 heterocycles. The van der Waals surface area contributed by atoms with Crippen LogP contribution in [0.15, 0.2) is 18.2 Å². The molecule has 90 valence electrons. The molecule has 1 aromatic rings. The zero-order chi connectivity index (χ0) is 12.6. The lowest BCUT2D eigenvalue weighted by Gasteiger charge is -2.23. The molecule has 1 rings (SSSR count). The fraction of sp³-hybridized carbons (Fsp3) is 0.455. The Hall–Kier alpha value is -0.740. The summed E-state index contributed by atoms with van der Waals surface area (Å²) in [5.41, 5.74) is -1.17. The molecule has 0 atom stereocenters. The Morgan fingerprint density at radius 2 is 1.62 bits per heavy atom. The van der Waals surface area contributed by atoms with Gasteiger partial charge >= 0.3 is 6.18 Å². The van der Waals surface area contributed by atoms with Crippen molar-refractivity contribution < 1.29 is 18.3 Å². The van der Waals surface area contributed by atoms with E-state index < -0.39 is 17.2 Å². The molecule has 5 heteroatoms. The highest BCUT2D eigenvalue weighted by molar-refractivity contribution is 6.30. The van der Waals surface area contributed by atoms with Gasteiger partial charge in [-0.15, -0.1) is 0 Å². The predicted molar refractivity (Wildman–Crippen MR) is 56.6 cm³/mol. The fourth-order valence-electron chi connectivity index (χ4n) is 1.24. The maximum Gasteiger partial charge on any atom is 0.416 e. The first-order valence-corrected chi connectivity index (χ1v) is 5.04. The molecule has 0 aliphatic rings. The third-order valence-corrected chi connectivity index (χ3v) is 2.62. The van der Waals surface area contributed by atoms with Crippen molar-refractivity contribution in [3.05, 3.63) is 34.3 Å². The van der Waals surface area contributed by atoms with Crippen molar-refractivity contribution in [2.45, 2.75) is 25.4 Å². The molecule has 0 saturated carbocycles. The van der Waals surface area contributed by atoms with Gasteiger partial charge in [0.2, 0.25) is 0 Å². The average Bonchev–Trinajstić information content (AvgIpc) is 2.15. The summed E-state index contributed by atoms with van der Waals surface area (Å²) in [6, 6.07) is 3.33. The summed E-state index contributed by atoms with van der Waals surface area (Å²) in [4.78, 5) is 0. The molecule has 0 aromatic heterocycles. The molecule has 0 aliphatic carbocycles. The lowest BCUT2D eigenvalue weighted by atomic mass is 9.85. The van der Waals surface area contributed by atoms with Crippen molar-refractivity contribution in [2.75, 3.05) is 6.61 Å². The molecule has 0 radical (unpaired) electrons. The molecule has 0 fully saturated rings. The third-order valence-electron chi connectivity index (χ3n) is 2.40. The fourth-order valence-corrected chi connectivity index (χ4v) is 1.47. The number of aliphatic hydroxyl groups is 1. The number of hydrogen-bond donors (Lipinski definition) is 1. The summed E-state index contributed by atoms with van der Waals surface area (Å²) in [5.74, 6) is 0. The van der Waals surface area contributed by atoms with Gasteiger partial charge in [0.25, 0.3) is 0 Å². The van der Waals surface area contributed by atoms with Crippen molar-refractivity contribution in [3.63, 3.8) is 0 Å². The van der Waals surface area contributed by atoms with Crippen LogP contribution >= 0.6 is 11.6 Å². The van der Waals surface area contributed by atoms with Crippen LogP contribution < -0.4 is 0 Å². The summed E-state index contributed by atoms with van der Waals surface area (Å²) < 4.78 is 37.6. The quantitative estimate of drug-likeness (QED) is 0.852. The van der Waals surface area contributed by atoms with Gasteiger partial charge < -0.3 is 5.11 Å². The molecule has 1 N–H and O–H groups in total. The van der Waals surface area contributed by atoms with Gasteiger partial charge in [-0.2, -0.15) is 13.2 Å². The van der Waals surface area contributed by atoms with Crippen molar-refractivity contribution >= 4 is 11.6 Å². The minimum absolute atomic E-state index is 0.0198. The van der Waals surface area contributed by atoms with E-state index in [4.69, 9.17) is 16.7 Å². The van der Waals surface area contributed by atoms with Crippen LogP contribution in [-0.4, -0.2) is 11.7 Å². The van der Waals surface area contributed by atoms with E-state index in [1.165, 1.54) is 6.07 Å². The number of hydrogen-bond acceptors (Lipinski definition) is 1. The van der Waals surface area contributed by atoms with E-state index in [1.807, 2.05) is 0 Å². The number of rotatable bonds is 2. The van der Waals surface area contributed by atoms with E-state index in [0.717, 1.165) is 12.1 Å². The molecule has 0 amide bonds. The van der Waals surface area contributed by atoms with Crippen LogP contribution in [0.2, 0.25) is 5.02 Å². The van der Waals surface area contributed by atoms with Gasteiger partial charge in [0, 0.05) is 10.4 Å². The molecule has 0 aliphatic heterocycles. The van der Waals surface area contributed by atoms with Crippen molar-refractivity contribution in [2.24, 2.45) is 0 Å². The van der Waals surface area contributed by atoms with E-state index >= 15 is 0 Å². The van der Waals surface area contributed by atoms with Gasteiger partial charge in [0.15, 0.2) is 0 Å². The summed E-state index contributed by atoms with van der Waals surface area (Å²) in [7, 11) is 0. The predicted octanol–water partition coefficient (Wildman–Crippen LogP) is 3.63. The van der Waals surface area contributed by atoms with E-state index in [-0.39, 0.29) is 11.6 Å². The van der Waals surface area contributed by atoms with Crippen LogP contribution in [0.25, 0.3) is 0 Å². The topological polar surface area (TPSA) is 20.2 Å². The van der Waals surface area contributed by atoms with Crippen molar-refractivity contribution in [1.29, 1.82) is 0 Å². The SMILES string of the molecule is CC(C)(CO)c1cc(Cl)cc(C(F)(F)F)c1. The first-order chi connectivity index (χ1) is 7.16. The summed E-state index contributed by atoms with van der Waals surface area (Å²) in [6.07, 6.45) is -4.43. The Morgan fingerprint density at radius 3 is 2.06 bits per heavy atom. The highest BCUT2D eigenvalue weighted by Gasteiger charge is 2.32. The maximum atomic E-state index is 12.5. The number of aliphatic hydroxyl groups excluding tert-OH is 1. The highest BCUT2D eigenvalue weighted by atomic mass is 35.5. The second-order valence-corrected chi connectivity index (χ2v) is 4.70. The normalized spacial score (nSPS) is 12.9. The summed E-state index contributed by atoms with van der Waals surface area (Å²) in [6.45, 7) is 3.06. The lowest BCUT2D eigenvalue weighted by molar-refractivity contribution is -0.137. The molecule has 0 saturated heterocycles. The summed E-state index contributed by atoms with van der Waals surface area (Å²) in [5, 5.41) is 9.13. The molecular formula is C11H12ClF3O. The van der Waals surface area contributed by atoms with Crippen LogP contribution in [0.5, 0.6) is 0 Å². The van der Waals surface area contributed by atoms with Crippen molar-refractivity contribution in [1.82, 2.24) is 0 Å². The Labute approximate surface area is 96.9 Å². The van der Waals surface area contributed by atoms with Gasteiger partial charge in [-0.05, 0) is 23.8 Å². The highest BCUT2D eigenvalue weighted by Crippen LogP contribution is 2.35. The smallest absolute Gasteiger partial charge is 0.395 e. The second kappa shape index (κ2) is 4.26. The minimum atomic E-state index is -4.43. The first-order valence-electron chi connectivity index (χ1n) is 4.66. The lowest BCUT2D eigenvalue weighted by Crippen LogP contribution is -2.22. The molecule has 16 heavy (non-hydrogen) atoms. The van der Waals surface area contributed by atoms with Gasteiger partial charge in [0.05, 0.1) is 12.2 Å². The Balaban J connectivity index is 3.29. The molecule has 0 spiro atoms. The number of alkyl halides is 3. The zero-order valence-corrected chi connectivity index (χ0v) is 9.65. The molecular weight excluding hydrogens is 241 g/mol. The van der Waals surface area contributed by atoms with Gasteiger partial charge in [-0.3, -0.25) is 0 Å².